The Bertz CT molecular complexity index is 886. The zero-order valence-electron chi connectivity index (χ0n) is 14.1. The highest BCUT2D eigenvalue weighted by Gasteiger charge is 2.25. The standard InChI is InChI=1S/C19H18FN3O2S/c20-15-5-2-1-4-14(15)13-22-7-9-23(10-8-22)19(24)16-12-17(25-21-16)18-6-3-11-26-18/h1-6,11-12H,7-10,13H2. The molecule has 1 aromatic carbocycles. The number of carbonyl (C=O) groups is 1. The van der Waals surface area contributed by atoms with Gasteiger partial charge in [0.1, 0.15) is 5.82 Å². The van der Waals surface area contributed by atoms with Crippen LogP contribution < -0.4 is 0 Å². The lowest BCUT2D eigenvalue weighted by atomic mass is 10.2. The molecule has 5 nitrogen and oxygen atoms in total. The normalized spacial score (nSPS) is 15.3. The van der Waals surface area contributed by atoms with E-state index in [4.69, 9.17) is 4.52 Å². The third-order valence-electron chi connectivity index (χ3n) is 4.50. The fraction of sp³-hybridized carbons (Fsp3) is 0.263. The average Bonchev–Trinajstić information content (AvgIpc) is 3.35. The molecule has 7 heteroatoms. The predicted octanol–water partition coefficient (Wildman–Crippen LogP) is 3.50. The molecule has 1 amide bonds. The first-order valence-corrected chi connectivity index (χ1v) is 9.34. The summed E-state index contributed by atoms with van der Waals surface area (Å²) in [5.41, 5.74) is 1.01. The molecule has 1 fully saturated rings. The van der Waals surface area contributed by atoms with Crippen molar-refractivity contribution in [3.63, 3.8) is 0 Å². The quantitative estimate of drug-likeness (QED) is 0.704. The van der Waals surface area contributed by atoms with Gasteiger partial charge >= 0.3 is 0 Å². The van der Waals surface area contributed by atoms with E-state index in [1.54, 1.807) is 34.4 Å². The number of thiophene rings is 1. The third-order valence-corrected chi connectivity index (χ3v) is 5.39. The van der Waals surface area contributed by atoms with Crippen molar-refractivity contribution in [2.75, 3.05) is 26.2 Å². The van der Waals surface area contributed by atoms with Gasteiger partial charge in [-0.15, -0.1) is 11.3 Å². The van der Waals surface area contributed by atoms with E-state index in [0.29, 0.717) is 49.7 Å². The van der Waals surface area contributed by atoms with Crippen molar-refractivity contribution in [2.24, 2.45) is 0 Å². The summed E-state index contributed by atoms with van der Waals surface area (Å²) in [6, 6.07) is 12.4. The lowest BCUT2D eigenvalue weighted by molar-refractivity contribution is 0.0617. The monoisotopic (exact) mass is 371 g/mol. The number of carbonyl (C=O) groups excluding carboxylic acids is 1. The lowest BCUT2D eigenvalue weighted by Gasteiger charge is -2.34. The van der Waals surface area contributed by atoms with Gasteiger partial charge in [-0.05, 0) is 17.5 Å². The molecule has 1 saturated heterocycles. The Morgan fingerprint density at radius 2 is 1.96 bits per heavy atom. The molecule has 2 aromatic heterocycles. The van der Waals surface area contributed by atoms with Crippen molar-refractivity contribution in [3.8, 4) is 10.6 Å². The minimum atomic E-state index is -0.185. The van der Waals surface area contributed by atoms with Gasteiger partial charge in [0.2, 0.25) is 0 Å². The van der Waals surface area contributed by atoms with Gasteiger partial charge in [0.05, 0.1) is 4.88 Å². The summed E-state index contributed by atoms with van der Waals surface area (Å²) in [5.74, 6) is 0.304. The van der Waals surface area contributed by atoms with Crippen LogP contribution in [0.3, 0.4) is 0 Å². The van der Waals surface area contributed by atoms with Crippen molar-refractivity contribution in [2.45, 2.75) is 6.54 Å². The molecule has 1 aliphatic heterocycles. The van der Waals surface area contributed by atoms with Gasteiger partial charge in [-0.1, -0.05) is 29.4 Å². The zero-order valence-corrected chi connectivity index (χ0v) is 14.9. The Morgan fingerprint density at radius 3 is 2.69 bits per heavy atom. The molecule has 0 N–H and O–H groups in total. The Kier molecular flexibility index (Phi) is 4.81. The largest absolute Gasteiger partial charge is 0.355 e. The van der Waals surface area contributed by atoms with E-state index in [1.165, 1.54) is 6.07 Å². The first-order chi connectivity index (χ1) is 12.7. The Balaban J connectivity index is 1.36. The summed E-state index contributed by atoms with van der Waals surface area (Å²) < 4.78 is 19.1. The summed E-state index contributed by atoms with van der Waals surface area (Å²) in [6.07, 6.45) is 0. The minimum absolute atomic E-state index is 0.123. The second-order valence-electron chi connectivity index (χ2n) is 6.21. The highest BCUT2D eigenvalue weighted by molar-refractivity contribution is 7.13. The molecule has 134 valence electrons. The molecular weight excluding hydrogens is 353 g/mol. The van der Waals surface area contributed by atoms with Gasteiger partial charge in [0.25, 0.3) is 5.91 Å². The molecule has 0 radical (unpaired) electrons. The van der Waals surface area contributed by atoms with Crippen molar-refractivity contribution in [1.29, 1.82) is 0 Å². The number of piperazine rings is 1. The predicted molar refractivity (Wildman–Crippen MR) is 97.4 cm³/mol. The van der Waals surface area contributed by atoms with Gasteiger partial charge in [0, 0.05) is 44.4 Å². The van der Waals surface area contributed by atoms with Crippen LogP contribution in [0.5, 0.6) is 0 Å². The van der Waals surface area contributed by atoms with Crippen molar-refractivity contribution >= 4 is 17.2 Å². The summed E-state index contributed by atoms with van der Waals surface area (Å²) in [4.78, 5) is 17.5. The molecule has 3 heterocycles. The Hall–Kier alpha value is -2.51. The number of amides is 1. The maximum Gasteiger partial charge on any atom is 0.276 e. The van der Waals surface area contributed by atoms with Crippen LogP contribution in [0.4, 0.5) is 4.39 Å². The topological polar surface area (TPSA) is 49.6 Å². The van der Waals surface area contributed by atoms with Crippen LogP contribution in [0.15, 0.2) is 52.4 Å². The number of nitrogens with zero attached hydrogens (tertiary/aromatic N) is 3. The van der Waals surface area contributed by atoms with Crippen molar-refractivity contribution in [1.82, 2.24) is 15.0 Å². The summed E-state index contributed by atoms with van der Waals surface area (Å²) >= 11 is 1.54. The van der Waals surface area contributed by atoms with Crippen LogP contribution in [-0.2, 0) is 6.54 Å². The number of benzene rings is 1. The highest BCUT2D eigenvalue weighted by Crippen LogP contribution is 2.25. The van der Waals surface area contributed by atoms with E-state index >= 15 is 0 Å². The summed E-state index contributed by atoms with van der Waals surface area (Å²) in [6.45, 7) is 3.15. The van der Waals surface area contributed by atoms with E-state index in [0.717, 1.165) is 4.88 Å². The van der Waals surface area contributed by atoms with Crippen LogP contribution in [0.25, 0.3) is 10.6 Å². The summed E-state index contributed by atoms with van der Waals surface area (Å²) in [7, 11) is 0. The fourth-order valence-electron chi connectivity index (χ4n) is 3.05. The van der Waals surface area contributed by atoms with Crippen molar-refractivity contribution in [3.05, 3.63) is 64.9 Å². The van der Waals surface area contributed by atoms with E-state index in [9.17, 15) is 9.18 Å². The second kappa shape index (κ2) is 7.39. The maximum atomic E-state index is 13.8. The third kappa shape index (κ3) is 3.54. The molecule has 1 aliphatic rings. The second-order valence-corrected chi connectivity index (χ2v) is 7.16. The number of hydrogen-bond donors (Lipinski definition) is 0. The highest BCUT2D eigenvalue weighted by atomic mass is 32.1. The van der Waals surface area contributed by atoms with E-state index in [-0.39, 0.29) is 11.7 Å². The molecule has 4 rings (SSSR count). The lowest BCUT2D eigenvalue weighted by Crippen LogP contribution is -2.48. The van der Waals surface area contributed by atoms with Gasteiger partial charge in [-0.2, -0.15) is 0 Å². The van der Waals surface area contributed by atoms with Crippen LogP contribution in [-0.4, -0.2) is 47.0 Å². The molecule has 0 saturated carbocycles. The van der Waals surface area contributed by atoms with Crippen LogP contribution in [0, 0.1) is 5.82 Å². The number of halogens is 1. The SMILES string of the molecule is O=C(c1cc(-c2cccs2)on1)N1CCN(Cc2ccccc2F)CC1. The summed E-state index contributed by atoms with van der Waals surface area (Å²) in [5, 5.41) is 5.88. The molecule has 0 atom stereocenters. The van der Waals surface area contributed by atoms with Gasteiger partial charge in [-0.25, -0.2) is 4.39 Å². The molecule has 0 aliphatic carbocycles. The number of hydrogen-bond acceptors (Lipinski definition) is 5. The Labute approximate surface area is 154 Å². The van der Waals surface area contributed by atoms with E-state index in [1.807, 2.05) is 23.6 Å². The molecule has 26 heavy (non-hydrogen) atoms. The van der Waals surface area contributed by atoms with Crippen LogP contribution in [0.2, 0.25) is 0 Å². The van der Waals surface area contributed by atoms with Gasteiger partial charge < -0.3 is 9.42 Å². The first kappa shape index (κ1) is 16.9. The first-order valence-electron chi connectivity index (χ1n) is 8.46. The number of rotatable bonds is 4. The zero-order chi connectivity index (χ0) is 17.9. The molecule has 0 bridgehead atoms. The van der Waals surface area contributed by atoms with Crippen LogP contribution in [0.1, 0.15) is 16.1 Å². The minimum Gasteiger partial charge on any atom is -0.355 e. The molecule has 0 spiro atoms. The van der Waals surface area contributed by atoms with Gasteiger partial charge in [-0.3, -0.25) is 9.69 Å². The smallest absolute Gasteiger partial charge is 0.276 e. The van der Waals surface area contributed by atoms with Crippen LogP contribution >= 0.6 is 11.3 Å². The average molecular weight is 371 g/mol. The van der Waals surface area contributed by atoms with Gasteiger partial charge in [0.15, 0.2) is 11.5 Å². The van der Waals surface area contributed by atoms with E-state index < -0.39 is 0 Å². The Morgan fingerprint density at radius 1 is 1.15 bits per heavy atom. The molecule has 3 aromatic rings. The number of aromatic nitrogens is 1. The van der Waals surface area contributed by atoms with Crippen molar-refractivity contribution < 1.29 is 13.7 Å². The molecule has 0 unspecified atom stereocenters. The van der Waals surface area contributed by atoms with E-state index in [2.05, 4.69) is 10.1 Å². The fourth-order valence-corrected chi connectivity index (χ4v) is 3.72. The maximum absolute atomic E-state index is 13.8. The molecular formula is C19H18FN3O2S.